The summed E-state index contributed by atoms with van der Waals surface area (Å²) in [7, 11) is -3.80. The summed E-state index contributed by atoms with van der Waals surface area (Å²) in [5, 5.41) is 0. The number of carbonyl (C=O) groups excluding carboxylic acids is 2. The van der Waals surface area contributed by atoms with E-state index in [0.717, 1.165) is 0 Å². The van der Waals surface area contributed by atoms with E-state index in [-0.39, 0.29) is 33.9 Å². The fraction of sp³-hybridized carbons (Fsp3) is 0.263. The second-order valence-electron chi connectivity index (χ2n) is 6.43. The summed E-state index contributed by atoms with van der Waals surface area (Å²) >= 11 is 0. The molecule has 0 radical (unpaired) electrons. The molecule has 0 bridgehead atoms. The number of likely N-dealkylation sites (tertiary alicyclic amines) is 1. The summed E-state index contributed by atoms with van der Waals surface area (Å²) in [5.74, 6) is -0.844. The smallest absolute Gasteiger partial charge is 0.261 e. The predicted molar refractivity (Wildman–Crippen MR) is 102 cm³/mol. The number of para-hydroxylation sites is 1. The van der Waals surface area contributed by atoms with Gasteiger partial charge in [-0.2, -0.15) is 0 Å². The Labute approximate surface area is 158 Å². The molecule has 2 amide bonds. The fourth-order valence-corrected chi connectivity index (χ4v) is 4.20. The molecule has 3 N–H and O–H groups in total. The third kappa shape index (κ3) is 4.28. The van der Waals surface area contributed by atoms with Crippen LogP contribution in [0.5, 0.6) is 0 Å². The molecule has 7 nitrogen and oxygen atoms in total. The molecule has 0 aliphatic carbocycles. The first-order valence-electron chi connectivity index (χ1n) is 8.64. The lowest BCUT2D eigenvalue weighted by Gasteiger charge is -2.31. The second-order valence-corrected chi connectivity index (χ2v) is 8.12. The largest absolute Gasteiger partial charge is 0.369 e. The first-order valence-corrected chi connectivity index (χ1v) is 10.1. The standard InChI is InChI=1S/C19H21N3O4S/c20-18(23)14-10-12-22(13-11-14)19(24)16-8-4-5-9-17(16)21-27(25,26)15-6-2-1-3-7-15/h1-9,14,21H,10-13H2,(H2,20,23). The number of rotatable bonds is 5. The van der Waals surface area contributed by atoms with E-state index in [2.05, 4.69) is 4.72 Å². The number of nitrogens with one attached hydrogen (secondary N) is 1. The molecular weight excluding hydrogens is 366 g/mol. The minimum Gasteiger partial charge on any atom is -0.369 e. The first kappa shape index (κ1) is 18.9. The van der Waals surface area contributed by atoms with Gasteiger partial charge in [-0.1, -0.05) is 30.3 Å². The molecule has 2 aromatic carbocycles. The Hall–Kier alpha value is -2.87. The van der Waals surface area contributed by atoms with Crippen molar-refractivity contribution < 1.29 is 18.0 Å². The predicted octanol–water partition coefficient (Wildman–Crippen LogP) is 1.82. The van der Waals surface area contributed by atoms with Crippen molar-refractivity contribution in [2.24, 2.45) is 11.7 Å². The lowest BCUT2D eigenvalue weighted by molar-refractivity contribution is -0.123. The van der Waals surface area contributed by atoms with Crippen molar-refractivity contribution in [2.75, 3.05) is 17.8 Å². The summed E-state index contributed by atoms with van der Waals surface area (Å²) in [6, 6.07) is 14.5. The van der Waals surface area contributed by atoms with E-state index in [9.17, 15) is 18.0 Å². The topological polar surface area (TPSA) is 110 Å². The van der Waals surface area contributed by atoms with Gasteiger partial charge in [-0.15, -0.1) is 0 Å². The van der Waals surface area contributed by atoms with Gasteiger partial charge in [0.2, 0.25) is 5.91 Å². The van der Waals surface area contributed by atoms with Crippen molar-refractivity contribution in [1.82, 2.24) is 4.90 Å². The lowest BCUT2D eigenvalue weighted by atomic mass is 9.96. The van der Waals surface area contributed by atoms with Crippen LogP contribution in [0.3, 0.4) is 0 Å². The van der Waals surface area contributed by atoms with E-state index >= 15 is 0 Å². The number of nitrogens with two attached hydrogens (primary N) is 1. The van der Waals surface area contributed by atoms with Gasteiger partial charge in [0.15, 0.2) is 0 Å². The molecule has 1 saturated heterocycles. The van der Waals surface area contributed by atoms with Crippen LogP contribution >= 0.6 is 0 Å². The number of amides is 2. The molecule has 27 heavy (non-hydrogen) atoms. The zero-order valence-electron chi connectivity index (χ0n) is 14.7. The molecule has 0 aromatic heterocycles. The van der Waals surface area contributed by atoms with Crippen molar-refractivity contribution in [3.8, 4) is 0 Å². The maximum Gasteiger partial charge on any atom is 0.261 e. The van der Waals surface area contributed by atoms with Crippen LogP contribution in [0.25, 0.3) is 0 Å². The molecule has 0 atom stereocenters. The molecule has 0 unspecified atom stereocenters. The van der Waals surface area contributed by atoms with E-state index in [1.807, 2.05) is 0 Å². The molecule has 142 valence electrons. The Balaban J connectivity index is 1.80. The Kier molecular flexibility index (Phi) is 5.46. The molecule has 1 fully saturated rings. The van der Waals surface area contributed by atoms with Gasteiger partial charge in [-0.3, -0.25) is 14.3 Å². The number of carbonyl (C=O) groups is 2. The van der Waals surface area contributed by atoms with Crippen LogP contribution in [0.2, 0.25) is 0 Å². The molecule has 1 aliphatic rings. The van der Waals surface area contributed by atoms with Gasteiger partial charge in [0.25, 0.3) is 15.9 Å². The number of hydrogen-bond acceptors (Lipinski definition) is 4. The quantitative estimate of drug-likeness (QED) is 0.815. The average Bonchev–Trinajstić information content (AvgIpc) is 2.68. The van der Waals surface area contributed by atoms with Gasteiger partial charge in [-0.25, -0.2) is 8.42 Å². The monoisotopic (exact) mass is 387 g/mol. The minimum absolute atomic E-state index is 0.120. The summed E-state index contributed by atoms with van der Waals surface area (Å²) in [5.41, 5.74) is 5.83. The molecule has 1 aliphatic heterocycles. The van der Waals surface area contributed by atoms with E-state index in [0.29, 0.717) is 25.9 Å². The number of anilines is 1. The zero-order chi connectivity index (χ0) is 19.4. The first-order chi connectivity index (χ1) is 12.9. The van der Waals surface area contributed by atoms with Crippen molar-refractivity contribution >= 4 is 27.5 Å². The van der Waals surface area contributed by atoms with E-state index in [1.165, 1.54) is 12.1 Å². The van der Waals surface area contributed by atoms with Crippen LogP contribution in [0.15, 0.2) is 59.5 Å². The molecule has 0 saturated carbocycles. The summed E-state index contributed by atoms with van der Waals surface area (Å²) in [4.78, 5) is 25.9. The number of sulfonamides is 1. The SMILES string of the molecule is NC(=O)C1CCN(C(=O)c2ccccc2NS(=O)(=O)c2ccccc2)CC1. The van der Waals surface area contributed by atoms with Crippen LogP contribution in [-0.2, 0) is 14.8 Å². The second kappa shape index (κ2) is 7.79. The lowest BCUT2D eigenvalue weighted by Crippen LogP contribution is -2.42. The Bertz CT molecular complexity index is 936. The number of benzene rings is 2. The van der Waals surface area contributed by atoms with Gasteiger partial charge in [0, 0.05) is 19.0 Å². The van der Waals surface area contributed by atoms with Crippen LogP contribution in [0.1, 0.15) is 23.2 Å². The molecule has 1 heterocycles. The third-order valence-corrected chi connectivity index (χ3v) is 6.02. The summed E-state index contributed by atoms with van der Waals surface area (Å²) < 4.78 is 27.7. The zero-order valence-corrected chi connectivity index (χ0v) is 15.5. The Morgan fingerprint density at radius 1 is 0.963 bits per heavy atom. The number of piperidine rings is 1. The van der Waals surface area contributed by atoms with Crippen molar-refractivity contribution in [2.45, 2.75) is 17.7 Å². The van der Waals surface area contributed by atoms with Gasteiger partial charge in [0.05, 0.1) is 16.1 Å². The highest BCUT2D eigenvalue weighted by atomic mass is 32.2. The van der Waals surface area contributed by atoms with E-state index in [4.69, 9.17) is 5.73 Å². The molecule has 3 rings (SSSR count). The molecular formula is C19H21N3O4S. The Morgan fingerprint density at radius 3 is 2.19 bits per heavy atom. The van der Waals surface area contributed by atoms with Crippen LogP contribution in [0, 0.1) is 5.92 Å². The number of hydrogen-bond donors (Lipinski definition) is 2. The van der Waals surface area contributed by atoms with Gasteiger partial charge >= 0.3 is 0 Å². The highest BCUT2D eigenvalue weighted by molar-refractivity contribution is 7.92. The van der Waals surface area contributed by atoms with Crippen molar-refractivity contribution in [3.05, 3.63) is 60.2 Å². The minimum atomic E-state index is -3.80. The van der Waals surface area contributed by atoms with Gasteiger partial charge < -0.3 is 10.6 Å². The highest BCUT2D eigenvalue weighted by Gasteiger charge is 2.28. The van der Waals surface area contributed by atoms with Crippen LogP contribution in [0.4, 0.5) is 5.69 Å². The maximum absolute atomic E-state index is 12.9. The highest BCUT2D eigenvalue weighted by Crippen LogP contribution is 2.24. The third-order valence-electron chi connectivity index (χ3n) is 4.64. The van der Waals surface area contributed by atoms with Crippen molar-refractivity contribution in [3.63, 3.8) is 0 Å². The normalized spacial score (nSPS) is 15.3. The van der Waals surface area contributed by atoms with E-state index in [1.54, 1.807) is 47.4 Å². The van der Waals surface area contributed by atoms with Crippen LogP contribution in [-0.4, -0.2) is 38.2 Å². The fourth-order valence-electron chi connectivity index (χ4n) is 3.10. The summed E-state index contributed by atoms with van der Waals surface area (Å²) in [6.45, 7) is 0.818. The average molecular weight is 387 g/mol. The van der Waals surface area contributed by atoms with Gasteiger partial charge in [-0.05, 0) is 37.1 Å². The maximum atomic E-state index is 12.9. The number of nitrogens with zero attached hydrogens (tertiary/aromatic N) is 1. The summed E-state index contributed by atoms with van der Waals surface area (Å²) in [6.07, 6.45) is 1.03. The number of primary amides is 1. The van der Waals surface area contributed by atoms with Gasteiger partial charge in [0.1, 0.15) is 0 Å². The Morgan fingerprint density at radius 2 is 1.56 bits per heavy atom. The molecule has 2 aromatic rings. The molecule has 8 heteroatoms. The van der Waals surface area contributed by atoms with Crippen molar-refractivity contribution in [1.29, 1.82) is 0 Å². The van der Waals surface area contributed by atoms with Crippen LogP contribution < -0.4 is 10.5 Å². The molecule has 0 spiro atoms. The van der Waals surface area contributed by atoms with E-state index < -0.39 is 10.0 Å².